The van der Waals surface area contributed by atoms with Crippen molar-refractivity contribution in [3.63, 3.8) is 0 Å². The Labute approximate surface area is 87.5 Å². The van der Waals surface area contributed by atoms with Crippen molar-refractivity contribution in [1.82, 2.24) is 4.90 Å². The second kappa shape index (κ2) is 3.17. The molecule has 0 bridgehead atoms. The van der Waals surface area contributed by atoms with Crippen LogP contribution in [0.2, 0.25) is 0 Å². The summed E-state index contributed by atoms with van der Waals surface area (Å²) in [5.74, 6) is 0.376. The quantitative estimate of drug-likeness (QED) is 0.650. The van der Waals surface area contributed by atoms with Crippen LogP contribution < -0.4 is 0 Å². The maximum Gasteiger partial charge on any atom is 0.190 e. The lowest BCUT2D eigenvalue weighted by atomic mass is 9.92. The number of piperidine rings is 1. The van der Waals surface area contributed by atoms with Crippen LogP contribution >= 0.6 is 11.3 Å². The third kappa shape index (κ3) is 1.16. The van der Waals surface area contributed by atoms with Crippen LogP contribution in [-0.2, 0) is 6.54 Å². The van der Waals surface area contributed by atoms with Gasteiger partial charge in [-0.1, -0.05) is 6.42 Å². The van der Waals surface area contributed by atoms with Crippen LogP contribution in [0.4, 0.5) is 0 Å². The lowest BCUT2D eigenvalue weighted by molar-refractivity contribution is 0.0692. The van der Waals surface area contributed by atoms with Gasteiger partial charge in [-0.25, -0.2) is 0 Å². The molecule has 0 N–H and O–H groups in total. The minimum atomic E-state index is 0.204. The number of Topliss-reactive ketones (excluding diaryl/α,β-unsaturated/α-hetero) is 1. The second-order valence-corrected chi connectivity index (χ2v) is 5.04. The van der Waals surface area contributed by atoms with Gasteiger partial charge in [0, 0.05) is 6.54 Å². The molecule has 1 fully saturated rings. The Bertz CT molecular complexity index is 371. The van der Waals surface area contributed by atoms with Crippen molar-refractivity contribution in [3.05, 3.63) is 21.9 Å². The van der Waals surface area contributed by atoms with Crippen LogP contribution in [0.15, 0.2) is 11.4 Å². The number of fused-ring (bicyclic) bond motifs is 2. The number of hydrogen-bond donors (Lipinski definition) is 0. The number of carbonyl (C=O) groups is 1. The first kappa shape index (κ1) is 8.62. The van der Waals surface area contributed by atoms with Gasteiger partial charge in [0.2, 0.25) is 0 Å². The van der Waals surface area contributed by atoms with E-state index in [0.717, 1.165) is 24.4 Å². The summed E-state index contributed by atoms with van der Waals surface area (Å²) in [4.78, 5) is 15.5. The van der Waals surface area contributed by atoms with Crippen molar-refractivity contribution >= 4 is 17.1 Å². The van der Waals surface area contributed by atoms with Crippen molar-refractivity contribution in [2.24, 2.45) is 0 Å². The van der Waals surface area contributed by atoms with Gasteiger partial charge in [0.25, 0.3) is 0 Å². The SMILES string of the molecule is O=C1c2sccc2CN2CCCCC12. The molecule has 1 saturated heterocycles. The molecule has 14 heavy (non-hydrogen) atoms. The summed E-state index contributed by atoms with van der Waals surface area (Å²) in [6.07, 6.45) is 3.53. The second-order valence-electron chi connectivity index (χ2n) is 4.12. The van der Waals surface area contributed by atoms with Gasteiger partial charge in [0.1, 0.15) is 0 Å². The van der Waals surface area contributed by atoms with Gasteiger partial charge in [0.05, 0.1) is 10.9 Å². The Morgan fingerprint density at radius 3 is 3.29 bits per heavy atom. The predicted octanol–water partition coefficient (Wildman–Crippen LogP) is 2.30. The summed E-state index contributed by atoms with van der Waals surface area (Å²) in [5, 5.41) is 2.04. The number of thiophene rings is 1. The molecule has 3 rings (SSSR count). The fourth-order valence-electron chi connectivity index (χ4n) is 2.52. The van der Waals surface area contributed by atoms with E-state index in [1.165, 1.54) is 18.4 Å². The molecule has 2 aliphatic heterocycles. The molecule has 1 atom stereocenters. The normalized spacial score (nSPS) is 27.1. The van der Waals surface area contributed by atoms with E-state index in [4.69, 9.17) is 0 Å². The molecule has 2 aliphatic rings. The molecule has 1 aromatic heterocycles. The lowest BCUT2D eigenvalue weighted by Gasteiger charge is -2.37. The van der Waals surface area contributed by atoms with Crippen molar-refractivity contribution in [1.29, 1.82) is 0 Å². The average Bonchev–Trinajstić information content (AvgIpc) is 2.66. The van der Waals surface area contributed by atoms with Crippen LogP contribution in [-0.4, -0.2) is 23.3 Å². The predicted molar refractivity (Wildman–Crippen MR) is 56.7 cm³/mol. The highest BCUT2D eigenvalue weighted by atomic mass is 32.1. The van der Waals surface area contributed by atoms with Gasteiger partial charge >= 0.3 is 0 Å². The van der Waals surface area contributed by atoms with Crippen LogP contribution in [0.3, 0.4) is 0 Å². The molecular weight excluding hydrogens is 194 g/mol. The van der Waals surface area contributed by atoms with E-state index in [1.54, 1.807) is 11.3 Å². The highest BCUT2D eigenvalue weighted by Crippen LogP contribution is 2.31. The zero-order valence-corrected chi connectivity index (χ0v) is 8.85. The van der Waals surface area contributed by atoms with Crippen LogP contribution in [0, 0.1) is 0 Å². The van der Waals surface area contributed by atoms with Crippen LogP contribution in [0.1, 0.15) is 34.5 Å². The molecule has 0 amide bonds. The van der Waals surface area contributed by atoms with Crippen LogP contribution in [0.25, 0.3) is 0 Å². The number of rotatable bonds is 0. The lowest BCUT2D eigenvalue weighted by Crippen LogP contribution is -2.47. The Morgan fingerprint density at radius 2 is 2.36 bits per heavy atom. The molecule has 0 spiro atoms. The molecule has 0 aromatic carbocycles. The summed E-state index contributed by atoms with van der Waals surface area (Å²) in [6, 6.07) is 2.30. The first-order valence-corrected chi connectivity index (χ1v) is 6.09. The fourth-order valence-corrected chi connectivity index (χ4v) is 3.43. The summed E-state index contributed by atoms with van der Waals surface area (Å²) >= 11 is 1.61. The zero-order valence-electron chi connectivity index (χ0n) is 8.03. The highest BCUT2D eigenvalue weighted by Gasteiger charge is 2.35. The number of carbonyl (C=O) groups excluding carboxylic acids is 1. The summed E-state index contributed by atoms with van der Waals surface area (Å²) in [7, 11) is 0. The smallest absolute Gasteiger partial charge is 0.190 e. The third-order valence-electron chi connectivity index (χ3n) is 3.26. The summed E-state index contributed by atoms with van der Waals surface area (Å²) in [5.41, 5.74) is 1.25. The maximum absolute atomic E-state index is 12.1. The third-order valence-corrected chi connectivity index (χ3v) is 4.23. The Balaban J connectivity index is 2.00. The molecule has 0 aliphatic carbocycles. The molecule has 0 saturated carbocycles. The molecule has 3 heteroatoms. The monoisotopic (exact) mass is 207 g/mol. The number of ketones is 1. The maximum atomic E-state index is 12.1. The summed E-state index contributed by atoms with van der Waals surface area (Å²) in [6.45, 7) is 2.10. The van der Waals surface area contributed by atoms with Crippen molar-refractivity contribution in [2.75, 3.05) is 6.54 Å². The standard InChI is InChI=1S/C11H13NOS/c13-10-9-3-1-2-5-12(9)7-8-4-6-14-11(8)10/h4,6,9H,1-3,5,7H2. The van der Waals surface area contributed by atoms with Gasteiger partial charge in [0.15, 0.2) is 5.78 Å². The van der Waals surface area contributed by atoms with Crippen LogP contribution in [0.5, 0.6) is 0 Å². The Kier molecular flexibility index (Phi) is 1.96. The van der Waals surface area contributed by atoms with Crippen molar-refractivity contribution in [2.45, 2.75) is 31.8 Å². The van der Waals surface area contributed by atoms with Gasteiger partial charge in [-0.2, -0.15) is 0 Å². The largest absolute Gasteiger partial charge is 0.291 e. The van der Waals surface area contributed by atoms with Gasteiger partial charge in [-0.3, -0.25) is 9.69 Å². The number of nitrogens with zero attached hydrogens (tertiary/aromatic N) is 1. The van der Waals surface area contributed by atoms with Crippen molar-refractivity contribution < 1.29 is 4.79 Å². The fraction of sp³-hybridized carbons (Fsp3) is 0.545. The van der Waals surface area contributed by atoms with Gasteiger partial charge < -0.3 is 0 Å². The number of hydrogen-bond acceptors (Lipinski definition) is 3. The van der Waals surface area contributed by atoms with E-state index in [1.807, 2.05) is 5.38 Å². The first-order valence-electron chi connectivity index (χ1n) is 5.21. The molecule has 1 aromatic rings. The Hall–Kier alpha value is -0.670. The average molecular weight is 207 g/mol. The minimum absolute atomic E-state index is 0.204. The molecule has 74 valence electrons. The molecule has 2 nitrogen and oxygen atoms in total. The topological polar surface area (TPSA) is 20.3 Å². The van der Waals surface area contributed by atoms with E-state index < -0.39 is 0 Å². The zero-order chi connectivity index (χ0) is 9.54. The van der Waals surface area contributed by atoms with E-state index in [2.05, 4.69) is 11.0 Å². The molecular formula is C11H13NOS. The van der Waals surface area contributed by atoms with Crippen molar-refractivity contribution in [3.8, 4) is 0 Å². The van der Waals surface area contributed by atoms with E-state index in [0.29, 0.717) is 5.78 Å². The molecule has 3 heterocycles. The van der Waals surface area contributed by atoms with Gasteiger partial charge in [-0.15, -0.1) is 11.3 Å². The Morgan fingerprint density at radius 1 is 1.43 bits per heavy atom. The highest BCUT2D eigenvalue weighted by molar-refractivity contribution is 7.12. The van der Waals surface area contributed by atoms with E-state index >= 15 is 0 Å². The van der Waals surface area contributed by atoms with Gasteiger partial charge in [-0.05, 0) is 36.4 Å². The first-order chi connectivity index (χ1) is 6.86. The minimum Gasteiger partial charge on any atom is -0.291 e. The molecule has 0 radical (unpaired) electrons. The van der Waals surface area contributed by atoms with E-state index in [-0.39, 0.29) is 6.04 Å². The van der Waals surface area contributed by atoms with E-state index in [9.17, 15) is 4.79 Å². The molecule has 1 unspecified atom stereocenters. The summed E-state index contributed by atoms with van der Waals surface area (Å²) < 4.78 is 0.